The van der Waals surface area contributed by atoms with Crippen molar-refractivity contribution in [2.75, 3.05) is 13.2 Å². The fraction of sp³-hybridized carbons (Fsp3) is 0.400. The predicted molar refractivity (Wildman–Crippen MR) is 72.2 cm³/mol. The fourth-order valence-electron chi connectivity index (χ4n) is 1.93. The summed E-state index contributed by atoms with van der Waals surface area (Å²) in [4.78, 5) is 11.6. The van der Waals surface area contributed by atoms with Crippen LogP contribution < -0.4 is 5.32 Å². The van der Waals surface area contributed by atoms with Gasteiger partial charge in [0.1, 0.15) is 0 Å². The van der Waals surface area contributed by atoms with Gasteiger partial charge in [-0.05, 0) is 31.4 Å². The van der Waals surface area contributed by atoms with Gasteiger partial charge in [0.25, 0.3) is 0 Å². The van der Waals surface area contributed by atoms with Crippen LogP contribution in [0.3, 0.4) is 0 Å². The number of ether oxygens (including phenoxy) is 1. The quantitative estimate of drug-likeness (QED) is 0.827. The highest BCUT2D eigenvalue weighted by molar-refractivity contribution is 5.91. The number of hydrogen-bond donors (Lipinski definition) is 1. The first-order valence-electron chi connectivity index (χ1n) is 6.38. The van der Waals surface area contributed by atoms with Crippen molar-refractivity contribution in [2.45, 2.75) is 25.9 Å². The van der Waals surface area contributed by atoms with Crippen LogP contribution >= 0.6 is 0 Å². The van der Waals surface area contributed by atoms with Crippen molar-refractivity contribution in [3.8, 4) is 0 Å². The standard InChI is InChI=1S/C15H19NO2/c1-12-4-6-13(7-5-12)8-9-15(17)16-11-14-3-2-10-18-14/h4-9,14H,2-3,10-11H2,1H3,(H,16,17)/b9-8+/t14-/m0/s1. The van der Waals surface area contributed by atoms with Gasteiger partial charge in [-0.3, -0.25) is 4.79 Å². The Morgan fingerprint density at radius 3 is 2.89 bits per heavy atom. The summed E-state index contributed by atoms with van der Waals surface area (Å²) < 4.78 is 5.44. The number of rotatable bonds is 4. The molecule has 0 bridgehead atoms. The average molecular weight is 245 g/mol. The Kier molecular flexibility index (Phi) is 4.53. The molecule has 0 unspecified atom stereocenters. The summed E-state index contributed by atoms with van der Waals surface area (Å²) >= 11 is 0. The van der Waals surface area contributed by atoms with E-state index in [-0.39, 0.29) is 12.0 Å². The maximum atomic E-state index is 11.6. The van der Waals surface area contributed by atoms with Crippen LogP contribution in [0.4, 0.5) is 0 Å². The molecule has 1 heterocycles. The summed E-state index contributed by atoms with van der Waals surface area (Å²) in [5, 5.41) is 2.86. The van der Waals surface area contributed by atoms with Gasteiger partial charge in [0, 0.05) is 19.2 Å². The van der Waals surface area contributed by atoms with E-state index >= 15 is 0 Å². The maximum Gasteiger partial charge on any atom is 0.244 e. The van der Waals surface area contributed by atoms with E-state index in [9.17, 15) is 4.79 Å². The van der Waals surface area contributed by atoms with Gasteiger partial charge in [0.05, 0.1) is 6.10 Å². The summed E-state index contributed by atoms with van der Waals surface area (Å²) in [6, 6.07) is 8.06. The summed E-state index contributed by atoms with van der Waals surface area (Å²) in [5.74, 6) is -0.0638. The average Bonchev–Trinajstić information content (AvgIpc) is 2.89. The molecule has 1 aromatic carbocycles. The maximum absolute atomic E-state index is 11.6. The number of carbonyl (C=O) groups is 1. The van der Waals surface area contributed by atoms with Gasteiger partial charge in [-0.15, -0.1) is 0 Å². The van der Waals surface area contributed by atoms with E-state index in [1.54, 1.807) is 6.08 Å². The second-order valence-electron chi connectivity index (χ2n) is 4.62. The molecule has 0 aliphatic carbocycles. The number of hydrogen-bond acceptors (Lipinski definition) is 2. The third-order valence-corrected chi connectivity index (χ3v) is 3.03. The zero-order chi connectivity index (χ0) is 12.8. The molecule has 0 aromatic heterocycles. The van der Waals surface area contributed by atoms with Gasteiger partial charge in [0.2, 0.25) is 5.91 Å². The van der Waals surface area contributed by atoms with E-state index in [0.29, 0.717) is 6.54 Å². The Morgan fingerprint density at radius 1 is 1.44 bits per heavy atom. The molecule has 3 heteroatoms. The molecule has 1 aromatic rings. The Hall–Kier alpha value is -1.61. The molecule has 2 rings (SSSR count). The van der Waals surface area contributed by atoms with Crippen molar-refractivity contribution in [2.24, 2.45) is 0 Å². The van der Waals surface area contributed by atoms with Crippen molar-refractivity contribution in [3.63, 3.8) is 0 Å². The number of aryl methyl sites for hydroxylation is 1. The number of amides is 1. The molecule has 96 valence electrons. The normalized spacial score (nSPS) is 19.3. The Bertz CT molecular complexity index is 417. The largest absolute Gasteiger partial charge is 0.376 e. The van der Waals surface area contributed by atoms with Gasteiger partial charge in [0.15, 0.2) is 0 Å². The highest BCUT2D eigenvalue weighted by Crippen LogP contribution is 2.10. The predicted octanol–water partition coefficient (Wildman–Crippen LogP) is 2.30. The molecular formula is C15H19NO2. The lowest BCUT2D eigenvalue weighted by Crippen LogP contribution is -2.30. The van der Waals surface area contributed by atoms with Crippen LogP contribution in [-0.4, -0.2) is 25.2 Å². The van der Waals surface area contributed by atoms with E-state index in [0.717, 1.165) is 25.0 Å². The first-order chi connectivity index (χ1) is 8.74. The molecule has 1 amide bonds. The topological polar surface area (TPSA) is 38.3 Å². The lowest BCUT2D eigenvalue weighted by molar-refractivity contribution is -0.116. The van der Waals surface area contributed by atoms with Crippen molar-refractivity contribution in [3.05, 3.63) is 41.5 Å². The summed E-state index contributed by atoms with van der Waals surface area (Å²) in [6.45, 7) is 3.47. The van der Waals surface area contributed by atoms with Gasteiger partial charge >= 0.3 is 0 Å². The lowest BCUT2D eigenvalue weighted by atomic mass is 10.1. The Morgan fingerprint density at radius 2 is 2.22 bits per heavy atom. The van der Waals surface area contributed by atoms with Crippen LogP contribution in [0.5, 0.6) is 0 Å². The summed E-state index contributed by atoms with van der Waals surface area (Å²) in [5.41, 5.74) is 2.25. The SMILES string of the molecule is Cc1ccc(/C=C/C(=O)NC[C@@H]2CCCO2)cc1. The number of nitrogens with one attached hydrogen (secondary N) is 1. The molecular weight excluding hydrogens is 226 g/mol. The van der Waals surface area contributed by atoms with Crippen molar-refractivity contribution in [1.29, 1.82) is 0 Å². The lowest BCUT2D eigenvalue weighted by Gasteiger charge is -2.08. The first-order valence-corrected chi connectivity index (χ1v) is 6.38. The van der Waals surface area contributed by atoms with Gasteiger partial charge in [-0.25, -0.2) is 0 Å². The van der Waals surface area contributed by atoms with E-state index in [1.807, 2.05) is 37.3 Å². The smallest absolute Gasteiger partial charge is 0.244 e. The van der Waals surface area contributed by atoms with Crippen molar-refractivity contribution >= 4 is 12.0 Å². The molecule has 1 N–H and O–H groups in total. The zero-order valence-electron chi connectivity index (χ0n) is 10.7. The molecule has 1 atom stereocenters. The zero-order valence-corrected chi connectivity index (χ0v) is 10.7. The second kappa shape index (κ2) is 6.36. The van der Waals surface area contributed by atoms with Crippen LogP contribution in [-0.2, 0) is 9.53 Å². The first kappa shape index (κ1) is 12.8. The minimum Gasteiger partial charge on any atom is -0.376 e. The highest BCUT2D eigenvalue weighted by atomic mass is 16.5. The number of carbonyl (C=O) groups excluding carboxylic acids is 1. The highest BCUT2D eigenvalue weighted by Gasteiger charge is 2.15. The minimum absolute atomic E-state index is 0.0638. The Labute approximate surface area is 108 Å². The minimum atomic E-state index is -0.0638. The van der Waals surface area contributed by atoms with E-state index in [4.69, 9.17) is 4.74 Å². The molecule has 18 heavy (non-hydrogen) atoms. The van der Waals surface area contributed by atoms with E-state index < -0.39 is 0 Å². The molecule has 1 aliphatic heterocycles. The fourth-order valence-corrected chi connectivity index (χ4v) is 1.93. The molecule has 1 fully saturated rings. The third kappa shape index (κ3) is 4.00. The molecule has 3 nitrogen and oxygen atoms in total. The van der Waals surface area contributed by atoms with Gasteiger partial charge in [-0.1, -0.05) is 29.8 Å². The molecule has 0 saturated carbocycles. The van der Waals surface area contributed by atoms with Crippen LogP contribution in [0.15, 0.2) is 30.3 Å². The van der Waals surface area contributed by atoms with Crippen LogP contribution in [0, 0.1) is 6.92 Å². The number of benzene rings is 1. The monoisotopic (exact) mass is 245 g/mol. The van der Waals surface area contributed by atoms with Crippen molar-refractivity contribution in [1.82, 2.24) is 5.32 Å². The molecule has 0 spiro atoms. The molecule has 0 radical (unpaired) electrons. The van der Waals surface area contributed by atoms with E-state index in [2.05, 4.69) is 5.32 Å². The second-order valence-corrected chi connectivity index (χ2v) is 4.62. The summed E-state index contributed by atoms with van der Waals surface area (Å²) in [6.07, 6.45) is 5.73. The van der Waals surface area contributed by atoms with E-state index in [1.165, 1.54) is 5.56 Å². The van der Waals surface area contributed by atoms with Crippen LogP contribution in [0.2, 0.25) is 0 Å². The van der Waals surface area contributed by atoms with Gasteiger partial charge < -0.3 is 10.1 Å². The third-order valence-electron chi connectivity index (χ3n) is 3.03. The molecule has 1 aliphatic rings. The Balaban J connectivity index is 1.77. The molecule has 1 saturated heterocycles. The summed E-state index contributed by atoms with van der Waals surface area (Å²) in [7, 11) is 0. The van der Waals surface area contributed by atoms with Crippen LogP contribution in [0.25, 0.3) is 6.08 Å². The van der Waals surface area contributed by atoms with Crippen LogP contribution in [0.1, 0.15) is 24.0 Å². The van der Waals surface area contributed by atoms with Crippen molar-refractivity contribution < 1.29 is 9.53 Å². The van der Waals surface area contributed by atoms with Gasteiger partial charge in [-0.2, -0.15) is 0 Å².